The van der Waals surface area contributed by atoms with Crippen molar-refractivity contribution in [2.45, 2.75) is 19.9 Å². The molecule has 0 saturated carbocycles. The zero-order valence-corrected chi connectivity index (χ0v) is 10.8. The Balaban J connectivity index is 2.08. The Kier molecular flexibility index (Phi) is 4.09. The smallest absolute Gasteiger partial charge is 0.271 e. The summed E-state index contributed by atoms with van der Waals surface area (Å²) in [6.45, 7) is 7.42. The average molecular weight is 249 g/mol. The van der Waals surface area contributed by atoms with Crippen molar-refractivity contribution in [3.8, 4) is 0 Å². The van der Waals surface area contributed by atoms with Crippen LogP contribution in [0.1, 0.15) is 24.3 Å². The molecule has 0 aromatic carbocycles. The van der Waals surface area contributed by atoms with Crippen LogP contribution in [0.25, 0.3) is 0 Å². The van der Waals surface area contributed by atoms with Gasteiger partial charge in [-0.1, -0.05) is 0 Å². The van der Waals surface area contributed by atoms with Crippen molar-refractivity contribution in [3.63, 3.8) is 0 Å². The second kappa shape index (κ2) is 5.77. The Labute approximate surface area is 107 Å². The number of aromatic nitrogens is 2. The number of likely N-dealkylation sites (N-methyl/N-ethyl adjacent to an activating group) is 1. The number of nitrogens with one attached hydrogen (secondary N) is 2. The first-order valence-electron chi connectivity index (χ1n) is 6.35. The molecule has 2 heterocycles. The lowest BCUT2D eigenvalue weighted by Gasteiger charge is -2.38. The number of rotatable bonds is 5. The molecule has 1 aliphatic heterocycles. The lowest BCUT2D eigenvalue weighted by Crippen LogP contribution is -2.57. The molecule has 6 nitrogen and oxygen atoms in total. The molecule has 1 saturated heterocycles. The van der Waals surface area contributed by atoms with Gasteiger partial charge in [0.15, 0.2) is 11.5 Å². The van der Waals surface area contributed by atoms with E-state index in [1.807, 2.05) is 13.0 Å². The summed E-state index contributed by atoms with van der Waals surface area (Å²) in [7, 11) is 0. The summed E-state index contributed by atoms with van der Waals surface area (Å²) in [5.74, 6) is 0.655. The van der Waals surface area contributed by atoms with Gasteiger partial charge in [0, 0.05) is 26.2 Å². The molecule has 1 aromatic rings. The van der Waals surface area contributed by atoms with Gasteiger partial charge in [0.1, 0.15) is 0 Å². The molecule has 1 aliphatic rings. The maximum atomic E-state index is 11.6. The molecule has 0 atom stereocenters. The zero-order valence-electron chi connectivity index (χ0n) is 10.8. The van der Waals surface area contributed by atoms with Gasteiger partial charge in [-0.3, -0.25) is 4.79 Å². The first kappa shape index (κ1) is 12.8. The lowest BCUT2D eigenvalue weighted by atomic mass is 10.1. The maximum absolute atomic E-state index is 11.6. The molecule has 1 amide bonds. The van der Waals surface area contributed by atoms with E-state index in [4.69, 9.17) is 0 Å². The number of carbonyl (C=O) groups excluding carboxylic acids is 1. The van der Waals surface area contributed by atoms with E-state index in [1.54, 1.807) is 6.07 Å². The van der Waals surface area contributed by atoms with Crippen LogP contribution >= 0.6 is 0 Å². The van der Waals surface area contributed by atoms with Crippen LogP contribution in [0.5, 0.6) is 0 Å². The van der Waals surface area contributed by atoms with Gasteiger partial charge in [0.05, 0.1) is 6.04 Å². The number of hydrogen-bond acceptors (Lipinski definition) is 5. The third-order valence-corrected chi connectivity index (χ3v) is 3.06. The molecule has 0 radical (unpaired) electrons. The van der Waals surface area contributed by atoms with Gasteiger partial charge in [-0.15, -0.1) is 10.2 Å². The van der Waals surface area contributed by atoms with Crippen molar-refractivity contribution in [1.82, 2.24) is 20.8 Å². The molecule has 98 valence electrons. The van der Waals surface area contributed by atoms with E-state index in [-0.39, 0.29) is 5.91 Å². The largest absolute Gasteiger partial charge is 0.351 e. The summed E-state index contributed by atoms with van der Waals surface area (Å²) >= 11 is 0. The maximum Gasteiger partial charge on any atom is 0.271 e. The number of anilines is 1. The van der Waals surface area contributed by atoms with E-state index < -0.39 is 0 Å². The minimum Gasteiger partial charge on any atom is -0.351 e. The van der Waals surface area contributed by atoms with E-state index in [0.29, 0.717) is 18.3 Å². The van der Waals surface area contributed by atoms with E-state index in [2.05, 4.69) is 32.7 Å². The highest BCUT2D eigenvalue weighted by molar-refractivity contribution is 5.92. The van der Waals surface area contributed by atoms with Crippen LogP contribution < -0.4 is 15.5 Å². The van der Waals surface area contributed by atoms with Crippen LogP contribution in [0.4, 0.5) is 5.82 Å². The average Bonchev–Trinajstić information content (AvgIpc) is 2.34. The minimum atomic E-state index is -0.176. The highest BCUT2D eigenvalue weighted by Crippen LogP contribution is 2.15. The molecule has 6 heteroatoms. The molecule has 0 unspecified atom stereocenters. The Morgan fingerprint density at radius 3 is 2.67 bits per heavy atom. The van der Waals surface area contributed by atoms with Crippen LogP contribution in [0.15, 0.2) is 12.1 Å². The Hall–Kier alpha value is -1.69. The second-order valence-electron chi connectivity index (χ2n) is 4.23. The molecular weight excluding hydrogens is 230 g/mol. The van der Waals surface area contributed by atoms with Crippen LogP contribution in [-0.2, 0) is 0 Å². The van der Waals surface area contributed by atoms with Gasteiger partial charge in [-0.2, -0.15) is 0 Å². The number of amides is 1. The fraction of sp³-hybridized carbons (Fsp3) is 0.583. The standard InChI is InChI=1S/C12H19N5O/c1-3-14-12(18)10-5-6-11(16-15-10)17(4-2)9-7-13-8-9/h5-6,9,13H,3-4,7-8H2,1-2H3,(H,14,18). The molecule has 1 fully saturated rings. The van der Waals surface area contributed by atoms with Gasteiger partial charge in [0.2, 0.25) is 0 Å². The van der Waals surface area contributed by atoms with E-state index in [0.717, 1.165) is 25.5 Å². The summed E-state index contributed by atoms with van der Waals surface area (Å²) < 4.78 is 0. The summed E-state index contributed by atoms with van der Waals surface area (Å²) in [6.07, 6.45) is 0. The highest BCUT2D eigenvalue weighted by atomic mass is 16.1. The molecule has 2 N–H and O–H groups in total. The van der Waals surface area contributed by atoms with Gasteiger partial charge in [-0.05, 0) is 26.0 Å². The van der Waals surface area contributed by atoms with E-state index in [1.165, 1.54) is 0 Å². The van der Waals surface area contributed by atoms with Crippen LogP contribution in [0.2, 0.25) is 0 Å². The van der Waals surface area contributed by atoms with Crippen molar-refractivity contribution in [1.29, 1.82) is 0 Å². The van der Waals surface area contributed by atoms with Crippen molar-refractivity contribution in [2.24, 2.45) is 0 Å². The van der Waals surface area contributed by atoms with Crippen molar-refractivity contribution >= 4 is 11.7 Å². The minimum absolute atomic E-state index is 0.176. The molecule has 18 heavy (non-hydrogen) atoms. The molecule has 2 rings (SSSR count). The van der Waals surface area contributed by atoms with Crippen molar-refractivity contribution in [2.75, 3.05) is 31.1 Å². The zero-order chi connectivity index (χ0) is 13.0. The topological polar surface area (TPSA) is 70.2 Å². The first-order chi connectivity index (χ1) is 8.76. The predicted molar refractivity (Wildman–Crippen MR) is 69.7 cm³/mol. The number of carbonyl (C=O) groups is 1. The third-order valence-electron chi connectivity index (χ3n) is 3.06. The van der Waals surface area contributed by atoms with Crippen molar-refractivity contribution < 1.29 is 4.79 Å². The van der Waals surface area contributed by atoms with E-state index in [9.17, 15) is 4.79 Å². The Morgan fingerprint density at radius 2 is 2.22 bits per heavy atom. The molecule has 1 aromatic heterocycles. The van der Waals surface area contributed by atoms with Crippen LogP contribution in [0.3, 0.4) is 0 Å². The fourth-order valence-corrected chi connectivity index (χ4v) is 1.95. The highest BCUT2D eigenvalue weighted by Gasteiger charge is 2.24. The summed E-state index contributed by atoms with van der Waals surface area (Å²) in [6, 6.07) is 4.07. The van der Waals surface area contributed by atoms with E-state index >= 15 is 0 Å². The van der Waals surface area contributed by atoms with Crippen LogP contribution in [0, 0.1) is 0 Å². The SMILES string of the molecule is CCNC(=O)c1ccc(N(CC)C2CNC2)nn1. The van der Waals surface area contributed by atoms with Gasteiger partial charge >= 0.3 is 0 Å². The Bertz CT molecular complexity index is 401. The fourth-order valence-electron chi connectivity index (χ4n) is 1.95. The number of nitrogens with zero attached hydrogens (tertiary/aromatic N) is 3. The third kappa shape index (κ3) is 2.59. The van der Waals surface area contributed by atoms with Crippen molar-refractivity contribution in [3.05, 3.63) is 17.8 Å². The second-order valence-corrected chi connectivity index (χ2v) is 4.23. The molecule has 0 aliphatic carbocycles. The van der Waals surface area contributed by atoms with Crippen LogP contribution in [-0.4, -0.2) is 48.3 Å². The summed E-state index contributed by atoms with van der Waals surface area (Å²) in [4.78, 5) is 13.8. The van der Waals surface area contributed by atoms with Gasteiger partial charge in [-0.25, -0.2) is 0 Å². The number of hydrogen-bond donors (Lipinski definition) is 2. The molecule has 0 spiro atoms. The summed E-state index contributed by atoms with van der Waals surface area (Å²) in [5.41, 5.74) is 0.364. The van der Waals surface area contributed by atoms with Gasteiger partial charge in [0.25, 0.3) is 5.91 Å². The first-order valence-corrected chi connectivity index (χ1v) is 6.35. The quantitative estimate of drug-likeness (QED) is 0.770. The van der Waals surface area contributed by atoms with Gasteiger partial charge < -0.3 is 15.5 Å². The lowest BCUT2D eigenvalue weighted by molar-refractivity contribution is 0.0950. The predicted octanol–water partition coefficient (Wildman–Crippen LogP) is 0.0244. The Morgan fingerprint density at radius 1 is 1.44 bits per heavy atom. The molecule has 0 bridgehead atoms. The summed E-state index contributed by atoms with van der Waals surface area (Å²) in [5, 5.41) is 14.1. The molecular formula is C12H19N5O. The monoisotopic (exact) mass is 249 g/mol. The normalized spacial score (nSPS) is 15.0.